The standard InChI is InChI=1S/C26H25ClN2O5/c1-32-23-10-7-17(13-24(23)33-2)8-12-25(30)28-19-9-11-22-21(14-19)29(26(31)16-34-22)15-18-5-3-4-6-20(18)27/h3-7,9-11,13-14H,8,12,15-16H2,1-2H3,(H,28,30). The topological polar surface area (TPSA) is 77.1 Å². The van der Waals surface area contributed by atoms with Gasteiger partial charge in [0, 0.05) is 17.1 Å². The van der Waals surface area contributed by atoms with Crippen molar-refractivity contribution in [3.05, 3.63) is 76.8 Å². The predicted octanol–water partition coefficient (Wildman–Crippen LogP) is 4.85. The molecule has 0 saturated carbocycles. The summed E-state index contributed by atoms with van der Waals surface area (Å²) in [4.78, 5) is 26.9. The Morgan fingerprint density at radius 2 is 1.85 bits per heavy atom. The quantitative estimate of drug-likeness (QED) is 0.498. The van der Waals surface area contributed by atoms with E-state index < -0.39 is 0 Å². The Morgan fingerprint density at radius 1 is 1.06 bits per heavy atom. The van der Waals surface area contributed by atoms with E-state index in [1.807, 2.05) is 36.4 Å². The number of fused-ring (bicyclic) bond motifs is 1. The van der Waals surface area contributed by atoms with E-state index in [4.69, 9.17) is 25.8 Å². The molecule has 0 bridgehead atoms. The monoisotopic (exact) mass is 480 g/mol. The predicted molar refractivity (Wildman–Crippen MR) is 131 cm³/mol. The lowest BCUT2D eigenvalue weighted by atomic mass is 10.1. The molecule has 1 aliphatic heterocycles. The first-order chi connectivity index (χ1) is 16.5. The third-order valence-electron chi connectivity index (χ3n) is 5.56. The molecule has 34 heavy (non-hydrogen) atoms. The SMILES string of the molecule is COc1ccc(CCC(=O)Nc2ccc3c(c2)N(Cc2ccccc2Cl)C(=O)CO3)cc1OC. The molecule has 0 radical (unpaired) electrons. The zero-order valence-corrected chi connectivity index (χ0v) is 19.7. The summed E-state index contributed by atoms with van der Waals surface area (Å²) in [6.45, 7) is 0.264. The number of halogens is 1. The van der Waals surface area contributed by atoms with Crippen molar-refractivity contribution in [2.75, 3.05) is 31.0 Å². The molecule has 1 aliphatic rings. The Bertz CT molecular complexity index is 1210. The van der Waals surface area contributed by atoms with Gasteiger partial charge in [0.1, 0.15) is 5.75 Å². The van der Waals surface area contributed by atoms with Crippen molar-refractivity contribution in [1.29, 1.82) is 0 Å². The average molecular weight is 481 g/mol. The second-order valence-electron chi connectivity index (χ2n) is 7.78. The summed E-state index contributed by atoms with van der Waals surface area (Å²) in [7, 11) is 3.16. The van der Waals surface area contributed by atoms with Gasteiger partial charge in [0.25, 0.3) is 5.91 Å². The number of aryl methyl sites for hydroxylation is 1. The van der Waals surface area contributed by atoms with Gasteiger partial charge in [0.05, 0.1) is 26.5 Å². The van der Waals surface area contributed by atoms with Gasteiger partial charge in [-0.15, -0.1) is 0 Å². The Hall–Kier alpha value is -3.71. The number of methoxy groups -OCH3 is 2. The fourth-order valence-electron chi connectivity index (χ4n) is 3.77. The van der Waals surface area contributed by atoms with Crippen LogP contribution < -0.4 is 24.4 Å². The van der Waals surface area contributed by atoms with Crippen LogP contribution in [0.2, 0.25) is 5.02 Å². The number of hydrogen-bond donors (Lipinski definition) is 1. The van der Waals surface area contributed by atoms with Crippen LogP contribution in [0.4, 0.5) is 11.4 Å². The summed E-state index contributed by atoms with van der Waals surface area (Å²) >= 11 is 6.30. The average Bonchev–Trinajstić information content (AvgIpc) is 2.85. The molecule has 3 aromatic rings. The summed E-state index contributed by atoms with van der Waals surface area (Å²) < 4.78 is 16.2. The smallest absolute Gasteiger partial charge is 0.265 e. The van der Waals surface area contributed by atoms with Crippen LogP contribution in [-0.4, -0.2) is 32.6 Å². The summed E-state index contributed by atoms with van der Waals surface area (Å²) in [5, 5.41) is 3.50. The van der Waals surface area contributed by atoms with E-state index >= 15 is 0 Å². The number of carbonyl (C=O) groups is 2. The molecule has 1 N–H and O–H groups in total. The van der Waals surface area contributed by atoms with E-state index in [-0.39, 0.29) is 24.8 Å². The van der Waals surface area contributed by atoms with E-state index in [0.29, 0.717) is 46.6 Å². The highest BCUT2D eigenvalue weighted by Crippen LogP contribution is 2.36. The van der Waals surface area contributed by atoms with Crippen molar-refractivity contribution < 1.29 is 23.8 Å². The zero-order valence-electron chi connectivity index (χ0n) is 19.0. The van der Waals surface area contributed by atoms with Gasteiger partial charge in [0.15, 0.2) is 18.1 Å². The third kappa shape index (κ3) is 5.26. The maximum absolute atomic E-state index is 12.6. The number of carbonyl (C=O) groups excluding carboxylic acids is 2. The van der Waals surface area contributed by atoms with Gasteiger partial charge in [-0.3, -0.25) is 9.59 Å². The zero-order chi connectivity index (χ0) is 24.1. The molecule has 7 nitrogen and oxygen atoms in total. The second-order valence-corrected chi connectivity index (χ2v) is 8.19. The largest absolute Gasteiger partial charge is 0.493 e. The highest BCUT2D eigenvalue weighted by atomic mass is 35.5. The number of anilines is 2. The number of benzene rings is 3. The molecule has 0 saturated heterocycles. The minimum Gasteiger partial charge on any atom is -0.493 e. The molecule has 4 rings (SSSR count). The molecular formula is C26H25ClN2O5. The Balaban J connectivity index is 1.45. The molecule has 0 atom stereocenters. The van der Waals surface area contributed by atoms with E-state index in [1.54, 1.807) is 43.4 Å². The summed E-state index contributed by atoms with van der Waals surface area (Å²) in [6, 6.07) is 18.2. The molecule has 0 aliphatic carbocycles. The number of hydrogen-bond acceptors (Lipinski definition) is 5. The van der Waals surface area contributed by atoms with Gasteiger partial charge in [-0.25, -0.2) is 0 Å². The fourth-order valence-corrected chi connectivity index (χ4v) is 3.96. The van der Waals surface area contributed by atoms with Gasteiger partial charge in [-0.1, -0.05) is 35.9 Å². The molecule has 1 heterocycles. The summed E-state index contributed by atoms with van der Waals surface area (Å²) in [6.07, 6.45) is 0.822. The van der Waals surface area contributed by atoms with Crippen molar-refractivity contribution >= 4 is 34.8 Å². The van der Waals surface area contributed by atoms with Gasteiger partial charge in [-0.2, -0.15) is 0 Å². The lowest BCUT2D eigenvalue weighted by Gasteiger charge is -2.30. The van der Waals surface area contributed by atoms with Crippen molar-refractivity contribution in [3.8, 4) is 17.2 Å². The highest BCUT2D eigenvalue weighted by Gasteiger charge is 2.26. The molecular weight excluding hydrogens is 456 g/mol. The number of ether oxygens (including phenoxy) is 3. The minimum atomic E-state index is -0.177. The summed E-state index contributed by atoms with van der Waals surface area (Å²) in [5.74, 6) is 1.52. The lowest BCUT2D eigenvalue weighted by molar-refractivity contribution is -0.121. The minimum absolute atomic E-state index is 0.0471. The van der Waals surface area contributed by atoms with E-state index in [9.17, 15) is 9.59 Å². The molecule has 0 spiro atoms. The Kier molecular flexibility index (Phi) is 7.23. The number of nitrogens with zero attached hydrogens (tertiary/aromatic N) is 1. The van der Waals surface area contributed by atoms with Crippen LogP contribution in [0.1, 0.15) is 17.5 Å². The van der Waals surface area contributed by atoms with Gasteiger partial charge < -0.3 is 24.4 Å². The van der Waals surface area contributed by atoms with E-state index in [0.717, 1.165) is 11.1 Å². The van der Waals surface area contributed by atoms with Crippen molar-refractivity contribution in [2.45, 2.75) is 19.4 Å². The normalized spacial score (nSPS) is 12.6. The van der Waals surface area contributed by atoms with E-state index in [2.05, 4.69) is 5.32 Å². The Labute approximate surface area is 203 Å². The molecule has 0 fully saturated rings. The van der Waals surface area contributed by atoms with Crippen LogP contribution in [0.5, 0.6) is 17.2 Å². The summed E-state index contributed by atoms with van der Waals surface area (Å²) in [5.41, 5.74) is 2.96. The van der Waals surface area contributed by atoms with Gasteiger partial charge in [-0.05, 0) is 53.9 Å². The van der Waals surface area contributed by atoms with Crippen LogP contribution in [0, 0.1) is 0 Å². The third-order valence-corrected chi connectivity index (χ3v) is 5.93. The van der Waals surface area contributed by atoms with Crippen LogP contribution in [0.15, 0.2) is 60.7 Å². The molecule has 0 unspecified atom stereocenters. The molecule has 3 aromatic carbocycles. The maximum atomic E-state index is 12.6. The van der Waals surface area contributed by atoms with Gasteiger partial charge in [0.2, 0.25) is 5.91 Å². The van der Waals surface area contributed by atoms with Crippen LogP contribution in [-0.2, 0) is 22.6 Å². The van der Waals surface area contributed by atoms with Crippen LogP contribution in [0.25, 0.3) is 0 Å². The molecule has 176 valence electrons. The fraction of sp³-hybridized carbons (Fsp3) is 0.231. The first-order valence-corrected chi connectivity index (χ1v) is 11.2. The number of nitrogens with one attached hydrogen (secondary N) is 1. The highest BCUT2D eigenvalue weighted by molar-refractivity contribution is 6.31. The molecule has 0 aromatic heterocycles. The molecule has 2 amide bonds. The van der Waals surface area contributed by atoms with Crippen LogP contribution in [0.3, 0.4) is 0 Å². The second kappa shape index (κ2) is 10.5. The van der Waals surface area contributed by atoms with Crippen molar-refractivity contribution in [2.24, 2.45) is 0 Å². The molecule has 8 heteroatoms. The van der Waals surface area contributed by atoms with Crippen molar-refractivity contribution in [1.82, 2.24) is 0 Å². The Morgan fingerprint density at radius 3 is 2.62 bits per heavy atom. The first kappa shape index (κ1) is 23.4. The van der Waals surface area contributed by atoms with Crippen molar-refractivity contribution in [3.63, 3.8) is 0 Å². The van der Waals surface area contributed by atoms with Gasteiger partial charge >= 0.3 is 0 Å². The maximum Gasteiger partial charge on any atom is 0.265 e. The van der Waals surface area contributed by atoms with E-state index in [1.165, 1.54) is 0 Å². The number of amides is 2. The first-order valence-electron chi connectivity index (χ1n) is 10.8. The van der Waals surface area contributed by atoms with Crippen LogP contribution >= 0.6 is 11.6 Å². The lowest BCUT2D eigenvalue weighted by Crippen LogP contribution is -2.38. The number of rotatable bonds is 8.